The van der Waals surface area contributed by atoms with Crippen molar-refractivity contribution < 1.29 is 19.1 Å². The van der Waals surface area contributed by atoms with E-state index in [0.29, 0.717) is 47.2 Å². The summed E-state index contributed by atoms with van der Waals surface area (Å²) in [6, 6.07) is 12.2. The first-order valence-corrected chi connectivity index (χ1v) is 10.3. The Kier molecular flexibility index (Phi) is 7.00. The second kappa shape index (κ2) is 9.67. The SMILES string of the molecule is CCCOc1ccc(C2=C(Nc3cc(Cl)ccc3OC)C(=O)N(CCC)C2=O)cc1. The number of anilines is 1. The quantitative estimate of drug-likeness (QED) is 0.584. The highest BCUT2D eigenvalue weighted by molar-refractivity contribution is 6.36. The van der Waals surface area contributed by atoms with Gasteiger partial charge >= 0.3 is 0 Å². The summed E-state index contributed by atoms with van der Waals surface area (Å²) < 4.78 is 11.0. The van der Waals surface area contributed by atoms with Crippen LogP contribution in [0.15, 0.2) is 48.2 Å². The van der Waals surface area contributed by atoms with Gasteiger partial charge in [0, 0.05) is 11.6 Å². The number of nitrogens with zero attached hydrogens (tertiary/aromatic N) is 1. The van der Waals surface area contributed by atoms with Crippen LogP contribution in [-0.4, -0.2) is 37.0 Å². The first-order chi connectivity index (χ1) is 14.5. The lowest BCUT2D eigenvalue weighted by Crippen LogP contribution is -2.33. The van der Waals surface area contributed by atoms with Gasteiger partial charge in [-0.05, 0) is 48.7 Å². The van der Waals surface area contributed by atoms with Crippen LogP contribution in [0.25, 0.3) is 5.57 Å². The zero-order chi connectivity index (χ0) is 21.7. The monoisotopic (exact) mass is 428 g/mol. The van der Waals surface area contributed by atoms with Gasteiger partial charge in [0.25, 0.3) is 11.8 Å². The molecule has 158 valence electrons. The van der Waals surface area contributed by atoms with Crippen molar-refractivity contribution in [1.29, 1.82) is 0 Å². The summed E-state index contributed by atoms with van der Waals surface area (Å²) in [4.78, 5) is 27.4. The molecule has 0 aromatic heterocycles. The van der Waals surface area contributed by atoms with Gasteiger partial charge in [0.05, 0.1) is 25.0 Å². The van der Waals surface area contributed by atoms with Gasteiger partial charge in [-0.3, -0.25) is 14.5 Å². The van der Waals surface area contributed by atoms with Gasteiger partial charge < -0.3 is 14.8 Å². The molecule has 3 rings (SSSR count). The van der Waals surface area contributed by atoms with Crippen LogP contribution in [0.4, 0.5) is 5.69 Å². The van der Waals surface area contributed by atoms with Crippen molar-refractivity contribution in [3.05, 3.63) is 58.7 Å². The molecule has 6 nitrogen and oxygen atoms in total. The molecule has 0 bridgehead atoms. The lowest BCUT2D eigenvalue weighted by molar-refractivity contribution is -0.136. The number of carbonyl (C=O) groups is 2. The molecule has 0 fully saturated rings. The summed E-state index contributed by atoms with van der Waals surface area (Å²) in [6.45, 7) is 4.92. The van der Waals surface area contributed by atoms with Gasteiger partial charge in [0.1, 0.15) is 17.2 Å². The fourth-order valence-electron chi connectivity index (χ4n) is 3.24. The minimum absolute atomic E-state index is 0.205. The van der Waals surface area contributed by atoms with Crippen LogP contribution in [-0.2, 0) is 9.59 Å². The van der Waals surface area contributed by atoms with Crippen LogP contribution in [0.3, 0.4) is 0 Å². The number of benzene rings is 2. The molecule has 2 amide bonds. The Labute approximate surface area is 181 Å². The van der Waals surface area contributed by atoms with E-state index in [2.05, 4.69) is 5.32 Å². The maximum Gasteiger partial charge on any atom is 0.278 e. The normalized spacial score (nSPS) is 13.8. The highest BCUT2D eigenvalue weighted by Crippen LogP contribution is 2.35. The number of hydrogen-bond acceptors (Lipinski definition) is 5. The Balaban J connectivity index is 2.04. The lowest BCUT2D eigenvalue weighted by Gasteiger charge is -2.15. The van der Waals surface area contributed by atoms with E-state index in [9.17, 15) is 9.59 Å². The topological polar surface area (TPSA) is 67.9 Å². The summed E-state index contributed by atoms with van der Waals surface area (Å²) in [6.07, 6.45) is 1.57. The summed E-state index contributed by atoms with van der Waals surface area (Å²) in [7, 11) is 1.53. The summed E-state index contributed by atoms with van der Waals surface area (Å²) >= 11 is 6.13. The van der Waals surface area contributed by atoms with Crippen molar-refractivity contribution in [3.8, 4) is 11.5 Å². The fourth-order valence-corrected chi connectivity index (χ4v) is 3.41. The van der Waals surface area contributed by atoms with Crippen molar-refractivity contribution in [1.82, 2.24) is 4.90 Å². The molecule has 7 heteroatoms. The van der Waals surface area contributed by atoms with E-state index in [1.165, 1.54) is 12.0 Å². The zero-order valence-electron chi connectivity index (χ0n) is 17.3. The summed E-state index contributed by atoms with van der Waals surface area (Å²) in [5, 5.41) is 3.58. The Bertz CT molecular complexity index is 970. The maximum atomic E-state index is 13.1. The molecule has 1 aliphatic heterocycles. The van der Waals surface area contributed by atoms with Crippen LogP contribution in [0.2, 0.25) is 5.02 Å². The van der Waals surface area contributed by atoms with E-state index in [0.717, 1.165) is 12.2 Å². The molecule has 0 radical (unpaired) electrons. The molecule has 0 atom stereocenters. The first-order valence-electron chi connectivity index (χ1n) is 9.94. The lowest BCUT2D eigenvalue weighted by atomic mass is 10.0. The van der Waals surface area contributed by atoms with Crippen molar-refractivity contribution in [3.63, 3.8) is 0 Å². The van der Waals surface area contributed by atoms with Gasteiger partial charge in [-0.15, -0.1) is 0 Å². The van der Waals surface area contributed by atoms with Crippen LogP contribution in [0, 0.1) is 0 Å². The minimum Gasteiger partial charge on any atom is -0.495 e. The predicted octanol–water partition coefficient (Wildman–Crippen LogP) is 4.74. The molecule has 2 aromatic carbocycles. The second-order valence-corrected chi connectivity index (χ2v) is 7.29. The van der Waals surface area contributed by atoms with E-state index in [1.807, 2.05) is 13.8 Å². The van der Waals surface area contributed by atoms with E-state index in [4.69, 9.17) is 21.1 Å². The Morgan fingerprint density at radius 2 is 1.73 bits per heavy atom. The van der Waals surface area contributed by atoms with Crippen LogP contribution in [0.1, 0.15) is 32.3 Å². The van der Waals surface area contributed by atoms with Crippen molar-refractivity contribution >= 4 is 34.7 Å². The standard InChI is InChI=1S/C23H25ClN2O4/c1-4-12-26-22(27)20(15-6-9-17(10-7-15)30-13-5-2)21(23(26)28)25-18-14-16(24)8-11-19(18)29-3/h6-11,14,25H,4-5,12-13H2,1-3H3. The second-order valence-electron chi connectivity index (χ2n) is 6.85. The van der Waals surface area contributed by atoms with Gasteiger partial charge in [0.15, 0.2) is 0 Å². The van der Waals surface area contributed by atoms with E-state index in [1.54, 1.807) is 42.5 Å². The van der Waals surface area contributed by atoms with Crippen molar-refractivity contribution in [2.45, 2.75) is 26.7 Å². The Morgan fingerprint density at radius 3 is 2.37 bits per heavy atom. The number of halogens is 1. The molecule has 0 saturated carbocycles. The molecule has 1 N–H and O–H groups in total. The number of imide groups is 1. The number of rotatable bonds is 9. The Hall–Kier alpha value is -2.99. The average molecular weight is 429 g/mol. The van der Waals surface area contributed by atoms with Crippen LogP contribution >= 0.6 is 11.6 Å². The first kappa shape index (κ1) is 21.7. The fraction of sp³-hybridized carbons (Fsp3) is 0.304. The zero-order valence-corrected chi connectivity index (χ0v) is 18.1. The molecule has 0 aliphatic carbocycles. The number of carbonyl (C=O) groups excluding carboxylic acids is 2. The van der Waals surface area contributed by atoms with Crippen LogP contribution < -0.4 is 14.8 Å². The van der Waals surface area contributed by atoms with E-state index in [-0.39, 0.29) is 17.5 Å². The predicted molar refractivity (Wildman–Crippen MR) is 118 cm³/mol. The maximum absolute atomic E-state index is 13.1. The minimum atomic E-state index is -0.370. The highest BCUT2D eigenvalue weighted by atomic mass is 35.5. The number of methoxy groups -OCH3 is 1. The molecule has 1 aliphatic rings. The molecule has 2 aromatic rings. The molecule has 0 unspecified atom stereocenters. The highest BCUT2D eigenvalue weighted by Gasteiger charge is 2.39. The van der Waals surface area contributed by atoms with Gasteiger partial charge in [0.2, 0.25) is 0 Å². The van der Waals surface area contributed by atoms with E-state index < -0.39 is 0 Å². The number of hydrogen-bond donors (Lipinski definition) is 1. The van der Waals surface area contributed by atoms with Crippen molar-refractivity contribution in [2.24, 2.45) is 0 Å². The van der Waals surface area contributed by atoms with Gasteiger partial charge in [-0.2, -0.15) is 0 Å². The largest absolute Gasteiger partial charge is 0.495 e. The molecule has 0 spiro atoms. The third kappa shape index (κ3) is 4.44. The number of ether oxygens (including phenoxy) is 2. The van der Waals surface area contributed by atoms with Gasteiger partial charge in [-0.1, -0.05) is 37.6 Å². The number of nitrogens with one attached hydrogen (secondary N) is 1. The van der Waals surface area contributed by atoms with Crippen molar-refractivity contribution in [2.75, 3.05) is 25.6 Å². The van der Waals surface area contributed by atoms with E-state index >= 15 is 0 Å². The molecule has 1 heterocycles. The molecule has 0 saturated heterocycles. The third-order valence-corrected chi connectivity index (χ3v) is 4.89. The number of amides is 2. The third-order valence-electron chi connectivity index (χ3n) is 4.65. The average Bonchev–Trinajstić information content (AvgIpc) is 2.97. The summed E-state index contributed by atoms with van der Waals surface area (Å²) in [5.41, 5.74) is 1.67. The molecular formula is C23H25ClN2O4. The summed E-state index contributed by atoms with van der Waals surface area (Å²) in [5.74, 6) is 0.538. The molecule has 30 heavy (non-hydrogen) atoms. The Morgan fingerprint density at radius 1 is 1.00 bits per heavy atom. The van der Waals surface area contributed by atoms with Crippen LogP contribution in [0.5, 0.6) is 11.5 Å². The van der Waals surface area contributed by atoms with Gasteiger partial charge in [-0.25, -0.2) is 0 Å². The molecular weight excluding hydrogens is 404 g/mol. The smallest absolute Gasteiger partial charge is 0.278 e.